The molecule has 1 atom stereocenters. The zero-order chi connectivity index (χ0) is 11.7. The molecule has 82 valence electrons. The number of fused-ring (bicyclic) bond motifs is 1. The van der Waals surface area contributed by atoms with Crippen LogP contribution in [0.3, 0.4) is 0 Å². The molecule has 0 fully saturated rings. The van der Waals surface area contributed by atoms with Gasteiger partial charge in [-0.25, -0.2) is 4.98 Å². The summed E-state index contributed by atoms with van der Waals surface area (Å²) < 4.78 is 2.06. The molecule has 1 aromatic carbocycles. The summed E-state index contributed by atoms with van der Waals surface area (Å²) >= 11 is 0. The molecular formula is C13H15N3. The van der Waals surface area contributed by atoms with Gasteiger partial charge >= 0.3 is 0 Å². The molecule has 0 aliphatic carbocycles. The molecule has 3 heteroatoms. The van der Waals surface area contributed by atoms with E-state index in [0.29, 0.717) is 0 Å². The number of hydrogen-bond donors (Lipinski definition) is 0. The highest BCUT2D eigenvalue weighted by atomic mass is 15.0. The van der Waals surface area contributed by atoms with E-state index in [-0.39, 0.29) is 5.92 Å². The summed E-state index contributed by atoms with van der Waals surface area (Å²) in [6, 6.07) is 8.41. The molecule has 1 aromatic heterocycles. The molecular weight excluding hydrogens is 198 g/mol. The molecule has 2 aromatic rings. The Kier molecular flexibility index (Phi) is 2.66. The predicted molar refractivity (Wildman–Crippen MR) is 64.1 cm³/mol. The monoisotopic (exact) mass is 213 g/mol. The largest absolute Gasteiger partial charge is 0.331 e. The first-order valence-corrected chi connectivity index (χ1v) is 5.50. The lowest BCUT2D eigenvalue weighted by molar-refractivity contribution is 0.817. The zero-order valence-corrected chi connectivity index (χ0v) is 9.86. The summed E-state index contributed by atoms with van der Waals surface area (Å²) in [4.78, 5) is 4.44. The van der Waals surface area contributed by atoms with Crippen LogP contribution in [0.5, 0.6) is 0 Å². The Morgan fingerprint density at radius 2 is 2.25 bits per heavy atom. The Labute approximate surface area is 95.3 Å². The van der Waals surface area contributed by atoms with Crippen LogP contribution in [0.1, 0.15) is 30.7 Å². The van der Waals surface area contributed by atoms with Crippen molar-refractivity contribution in [2.75, 3.05) is 0 Å². The molecule has 0 radical (unpaired) electrons. The van der Waals surface area contributed by atoms with Gasteiger partial charge in [0.1, 0.15) is 5.82 Å². The Morgan fingerprint density at radius 1 is 1.50 bits per heavy atom. The van der Waals surface area contributed by atoms with E-state index in [1.165, 1.54) is 0 Å². The molecule has 0 saturated carbocycles. The van der Waals surface area contributed by atoms with Crippen LogP contribution in [0.25, 0.3) is 11.0 Å². The molecule has 0 bridgehead atoms. The molecule has 3 nitrogen and oxygen atoms in total. The predicted octanol–water partition coefficient (Wildman–Crippen LogP) is 2.90. The third kappa shape index (κ3) is 1.57. The maximum absolute atomic E-state index is 9.05. The quantitative estimate of drug-likeness (QED) is 0.769. The topological polar surface area (TPSA) is 41.6 Å². The average molecular weight is 213 g/mol. The first kappa shape index (κ1) is 10.7. The Bertz CT molecular complexity index is 560. The van der Waals surface area contributed by atoms with Crippen molar-refractivity contribution >= 4 is 11.0 Å². The van der Waals surface area contributed by atoms with Crippen LogP contribution in [-0.4, -0.2) is 9.55 Å². The van der Waals surface area contributed by atoms with Gasteiger partial charge in [0, 0.05) is 7.05 Å². The molecule has 0 amide bonds. The van der Waals surface area contributed by atoms with E-state index in [9.17, 15) is 0 Å². The van der Waals surface area contributed by atoms with Gasteiger partial charge in [-0.2, -0.15) is 5.26 Å². The minimum atomic E-state index is -0.0143. The Balaban J connectivity index is 2.59. The second kappa shape index (κ2) is 3.97. The highest BCUT2D eigenvalue weighted by molar-refractivity contribution is 5.77. The summed E-state index contributed by atoms with van der Waals surface area (Å²) in [5.74, 6) is 0.983. The fourth-order valence-electron chi connectivity index (χ4n) is 1.95. The highest BCUT2D eigenvalue weighted by Crippen LogP contribution is 2.23. The summed E-state index contributed by atoms with van der Waals surface area (Å²) in [5.41, 5.74) is 3.18. The van der Waals surface area contributed by atoms with Crippen LogP contribution in [0, 0.1) is 18.3 Å². The minimum Gasteiger partial charge on any atom is -0.331 e. The minimum absolute atomic E-state index is 0.0143. The Morgan fingerprint density at radius 3 is 2.88 bits per heavy atom. The number of aryl methyl sites for hydroxylation is 2. The van der Waals surface area contributed by atoms with E-state index in [1.54, 1.807) is 0 Å². The van der Waals surface area contributed by atoms with Gasteiger partial charge in [0.05, 0.1) is 23.0 Å². The maximum Gasteiger partial charge on any atom is 0.106 e. The van der Waals surface area contributed by atoms with Crippen molar-refractivity contribution in [2.45, 2.75) is 26.2 Å². The lowest BCUT2D eigenvalue weighted by Crippen LogP contribution is -1.95. The first-order valence-electron chi connectivity index (χ1n) is 5.50. The third-order valence-corrected chi connectivity index (χ3v) is 3.09. The van der Waals surface area contributed by atoms with E-state index in [2.05, 4.69) is 21.7 Å². The molecule has 0 spiro atoms. The van der Waals surface area contributed by atoms with Gasteiger partial charge < -0.3 is 4.57 Å². The highest BCUT2D eigenvalue weighted by Gasteiger charge is 2.10. The number of imidazole rings is 1. The van der Waals surface area contributed by atoms with Crippen LogP contribution in [0.2, 0.25) is 0 Å². The van der Waals surface area contributed by atoms with Gasteiger partial charge in [-0.15, -0.1) is 0 Å². The third-order valence-electron chi connectivity index (χ3n) is 3.09. The average Bonchev–Trinajstić information content (AvgIpc) is 2.57. The van der Waals surface area contributed by atoms with Crippen molar-refractivity contribution in [2.24, 2.45) is 7.05 Å². The van der Waals surface area contributed by atoms with Crippen LogP contribution in [0.15, 0.2) is 18.2 Å². The van der Waals surface area contributed by atoms with Crippen molar-refractivity contribution in [3.8, 4) is 6.07 Å². The van der Waals surface area contributed by atoms with Gasteiger partial charge in [-0.1, -0.05) is 13.0 Å². The van der Waals surface area contributed by atoms with Gasteiger partial charge in [0.2, 0.25) is 0 Å². The summed E-state index contributed by atoms with van der Waals surface area (Å²) in [6.07, 6.45) is 0.846. The number of nitriles is 1. The van der Waals surface area contributed by atoms with E-state index in [0.717, 1.165) is 28.8 Å². The number of hydrogen-bond acceptors (Lipinski definition) is 2. The number of rotatable bonds is 2. The van der Waals surface area contributed by atoms with Gasteiger partial charge in [-0.3, -0.25) is 0 Å². The van der Waals surface area contributed by atoms with Crippen molar-refractivity contribution in [1.82, 2.24) is 9.55 Å². The second-order valence-corrected chi connectivity index (χ2v) is 4.06. The SMILES string of the molecule is CCC(C#N)c1ccc2nc(C)n(C)c2c1. The van der Waals surface area contributed by atoms with Crippen molar-refractivity contribution < 1.29 is 0 Å². The first-order chi connectivity index (χ1) is 7.67. The second-order valence-electron chi connectivity index (χ2n) is 4.06. The molecule has 0 saturated heterocycles. The molecule has 0 aliphatic rings. The number of aromatic nitrogens is 2. The van der Waals surface area contributed by atoms with E-state index in [4.69, 9.17) is 5.26 Å². The summed E-state index contributed by atoms with van der Waals surface area (Å²) in [5, 5.41) is 9.05. The summed E-state index contributed by atoms with van der Waals surface area (Å²) in [7, 11) is 2.00. The van der Waals surface area contributed by atoms with Crippen molar-refractivity contribution in [1.29, 1.82) is 5.26 Å². The van der Waals surface area contributed by atoms with E-state index >= 15 is 0 Å². The summed E-state index contributed by atoms with van der Waals surface area (Å²) in [6.45, 7) is 4.02. The van der Waals surface area contributed by atoms with Gasteiger partial charge in [0.15, 0.2) is 0 Å². The molecule has 16 heavy (non-hydrogen) atoms. The lowest BCUT2D eigenvalue weighted by Gasteiger charge is -2.06. The lowest BCUT2D eigenvalue weighted by atomic mass is 9.98. The molecule has 2 rings (SSSR count). The number of nitrogens with zero attached hydrogens (tertiary/aromatic N) is 3. The zero-order valence-electron chi connectivity index (χ0n) is 9.86. The molecule has 1 heterocycles. The van der Waals surface area contributed by atoms with Crippen LogP contribution in [-0.2, 0) is 7.05 Å². The molecule has 1 unspecified atom stereocenters. The fraction of sp³-hybridized carbons (Fsp3) is 0.385. The van der Waals surface area contributed by atoms with E-state index in [1.807, 2.05) is 33.0 Å². The smallest absolute Gasteiger partial charge is 0.106 e. The fourth-order valence-corrected chi connectivity index (χ4v) is 1.95. The number of benzene rings is 1. The van der Waals surface area contributed by atoms with Crippen molar-refractivity contribution in [3.63, 3.8) is 0 Å². The maximum atomic E-state index is 9.05. The van der Waals surface area contributed by atoms with E-state index < -0.39 is 0 Å². The van der Waals surface area contributed by atoms with Crippen molar-refractivity contribution in [3.05, 3.63) is 29.6 Å². The molecule has 0 N–H and O–H groups in total. The van der Waals surface area contributed by atoms with Gasteiger partial charge in [0.25, 0.3) is 0 Å². The Hall–Kier alpha value is -1.82. The normalized spacial score (nSPS) is 12.6. The van der Waals surface area contributed by atoms with Crippen LogP contribution < -0.4 is 0 Å². The molecule has 0 aliphatic heterocycles. The van der Waals surface area contributed by atoms with Crippen LogP contribution in [0.4, 0.5) is 0 Å². The standard InChI is InChI=1S/C13H15N3/c1-4-10(8-14)11-5-6-12-13(7-11)16(3)9(2)15-12/h5-7,10H,4H2,1-3H3. The van der Waals surface area contributed by atoms with Crippen LogP contribution >= 0.6 is 0 Å². The van der Waals surface area contributed by atoms with Gasteiger partial charge in [-0.05, 0) is 31.0 Å².